The van der Waals surface area contributed by atoms with Crippen LogP contribution >= 0.6 is 0 Å². The van der Waals surface area contributed by atoms with Gasteiger partial charge in [-0.05, 0) is 12.1 Å². The van der Waals surface area contributed by atoms with E-state index in [2.05, 4.69) is 4.98 Å². The summed E-state index contributed by atoms with van der Waals surface area (Å²) in [5.74, 6) is -4.23. The van der Waals surface area contributed by atoms with Gasteiger partial charge in [-0.1, -0.05) is 12.1 Å². The van der Waals surface area contributed by atoms with Crippen molar-refractivity contribution in [3.8, 4) is 0 Å². The number of hydrogen-bond donors (Lipinski definition) is 2. The molecule has 0 atom stereocenters. The lowest BCUT2D eigenvalue weighted by Crippen LogP contribution is -2.25. The van der Waals surface area contributed by atoms with Crippen LogP contribution in [0.4, 0.5) is 0 Å². The minimum Gasteiger partial charge on any atom is -0.481 e. The number of oxazole rings is 1. The number of fused-ring (bicyclic) bond motifs is 1. The van der Waals surface area contributed by atoms with Gasteiger partial charge < -0.3 is 14.6 Å². The lowest BCUT2D eigenvalue weighted by molar-refractivity contribution is -0.154. The van der Waals surface area contributed by atoms with E-state index < -0.39 is 17.9 Å². The Labute approximate surface area is 95.5 Å². The molecule has 2 N–H and O–H groups in total. The van der Waals surface area contributed by atoms with E-state index in [0.29, 0.717) is 11.1 Å². The Hall–Kier alpha value is -2.37. The fourth-order valence-corrected chi connectivity index (χ4v) is 1.46. The third kappa shape index (κ3) is 2.25. The van der Waals surface area contributed by atoms with Crippen molar-refractivity contribution >= 4 is 23.0 Å². The molecule has 2 rings (SSSR count). The molecule has 0 aliphatic carbocycles. The lowest BCUT2D eigenvalue weighted by atomic mass is 10.1. The first-order valence-corrected chi connectivity index (χ1v) is 4.88. The summed E-state index contributed by atoms with van der Waals surface area (Å²) in [6.45, 7) is 0. The van der Waals surface area contributed by atoms with Crippen LogP contribution in [0.1, 0.15) is 5.89 Å². The summed E-state index contributed by atoms with van der Waals surface area (Å²) >= 11 is 0. The Balaban J connectivity index is 2.28. The topological polar surface area (TPSA) is 101 Å². The van der Waals surface area contributed by atoms with E-state index >= 15 is 0 Å². The van der Waals surface area contributed by atoms with Crippen molar-refractivity contribution in [3.05, 3.63) is 30.2 Å². The first-order chi connectivity index (χ1) is 8.08. The van der Waals surface area contributed by atoms with E-state index in [1.807, 2.05) is 0 Å². The molecule has 0 aliphatic rings. The molecule has 6 heteroatoms. The molecule has 6 nitrogen and oxygen atoms in total. The quantitative estimate of drug-likeness (QED) is 0.771. The van der Waals surface area contributed by atoms with Gasteiger partial charge in [-0.25, -0.2) is 4.98 Å². The number of rotatable bonds is 4. The number of para-hydroxylation sites is 2. The number of hydrogen-bond acceptors (Lipinski definition) is 4. The second-order valence-electron chi connectivity index (χ2n) is 3.51. The van der Waals surface area contributed by atoms with Crippen molar-refractivity contribution in [1.82, 2.24) is 4.98 Å². The first-order valence-electron chi connectivity index (χ1n) is 4.88. The van der Waals surface area contributed by atoms with Gasteiger partial charge in [0.1, 0.15) is 5.52 Å². The number of carboxylic acid groups (broad SMARTS) is 2. The molecule has 2 aromatic rings. The fourth-order valence-electron chi connectivity index (χ4n) is 1.46. The smallest absolute Gasteiger partial charge is 0.318 e. The highest BCUT2D eigenvalue weighted by molar-refractivity contribution is 5.93. The van der Waals surface area contributed by atoms with Crippen LogP contribution in [0.5, 0.6) is 0 Å². The van der Waals surface area contributed by atoms with Crippen LogP contribution in [-0.2, 0) is 16.0 Å². The number of carbonyl (C=O) groups is 2. The predicted octanol–water partition coefficient (Wildman–Crippen LogP) is 1.16. The zero-order valence-electron chi connectivity index (χ0n) is 8.66. The minimum atomic E-state index is -1.54. The second-order valence-corrected chi connectivity index (χ2v) is 3.51. The molecule has 0 amide bonds. The third-order valence-corrected chi connectivity index (χ3v) is 2.31. The molecule has 0 radical (unpaired) electrons. The van der Waals surface area contributed by atoms with Gasteiger partial charge in [-0.3, -0.25) is 9.59 Å². The Morgan fingerprint density at radius 1 is 1.24 bits per heavy atom. The summed E-state index contributed by atoms with van der Waals surface area (Å²) in [5.41, 5.74) is 1.09. The van der Waals surface area contributed by atoms with Gasteiger partial charge in [-0.2, -0.15) is 0 Å². The van der Waals surface area contributed by atoms with E-state index in [9.17, 15) is 9.59 Å². The lowest BCUT2D eigenvalue weighted by Gasteiger charge is -2.02. The summed E-state index contributed by atoms with van der Waals surface area (Å²) in [7, 11) is 0. The van der Waals surface area contributed by atoms with Gasteiger partial charge in [0.05, 0.1) is 0 Å². The van der Waals surface area contributed by atoms with Crippen LogP contribution in [0.2, 0.25) is 0 Å². The SMILES string of the molecule is O=C(O)C(Cc1nc2ccccc2o1)C(=O)O. The van der Waals surface area contributed by atoms with Crippen molar-refractivity contribution in [2.45, 2.75) is 6.42 Å². The normalized spacial score (nSPS) is 10.9. The van der Waals surface area contributed by atoms with E-state index in [4.69, 9.17) is 14.6 Å². The van der Waals surface area contributed by atoms with Crippen molar-refractivity contribution in [2.24, 2.45) is 5.92 Å². The maximum Gasteiger partial charge on any atom is 0.318 e. The molecular formula is C11H9NO5. The Morgan fingerprint density at radius 2 is 1.88 bits per heavy atom. The highest BCUT2D eigenvalue weighted by atomic mass is 16.4. The molecule has 0 fully saturated rings. The van der Waals surface area contributed by atoms with Crippen LogP contribution < -0.4 is 0 Å². The number of aliphatic carboxylic acids is 2. The van der Waals surface area contributed by atoms with Gasteiger partial charge in [-0.15, -0.1) is 0 Å². The molecule has 1 aromatic heterocycles. The summed E-state index contributed by atoms with van der Waals surface area (Å²) in [6, 6.07) is 6.91. The summed E-state index contributed by atoms with van der Waals surface area (Å²) in [4.78, 5) is 25.4. The molecule has 17 heavy (non-hydrogen) atoms. The zero-order chi connectivity index (χ0) is 12.4. The maximum absolute atomic E-state index is 10.7. The van der Waals surface area contributed by atoms with Crippen molar-refractivity contribution in [2.75, 3.05) is 0 Å². The summed E-state index contributed by atoms with van der Waals surface area (Å²) in [5, 5.41) is 17.5. The highest BCUT2D eigenvalue weighted by Gasteiger charge is 2.28. The van der Waals surface area contributed by atoms with Gasteiger partial charge >= 0.3 is 11.9 Å². The van der Waals surface area contributed by atoms with Crippen LogP contribution in [0.25, 0.3) is 11.1 Å². The monoisotopic (exact) mass is 235 g/mol. The average molecular weight is 235 g/mol. The zero-order valence-corrected chi connectivity index (χ0v) is 8.66. The maximum atomic E-state index is 10.7. The predicted molar refractivity (Wildman–Crippen MR) is 56.5 cm³/mol. The first kappa shape index (κ1) is 11.1. The minimum absolute atomic E-state index is 0.112. The van der Waals surface area contributed by atoms with Gasteiger partial charge in [0, 0.05) is 6.42 Å². The molecular weight excluding hydrogens is 226 g/mol. The number of aromatic nitrogens is 1. The Bertz CT molecular complexity index is 527. The molecule has 88 valence electrons. The standard InChI is InChI=1S/C11H9NO5/c13-10(14)6(11(15)16)5-9-12-7-3-1-2-4-8(7)17-9/h1-4,6H,5H2,(H,13,14)(H,15,16). The molecule has 0 saturated heterocycles. The summed E-state index contributed by atoms with van der Waals surface area (Å²) < 4.78 is 5.26. The molecule has 1 aromatic carbocycles. The second kappa shape index (κ2) is 4.25. The van der Waals surface area contributed by atoms with Gasteiger partial charge in [0.25, 0.3) is 0 Å². The van der Waals surface area contributed by atoms with Gasteiger partial charge in [0.2, 0.25) is 0 Å². The number of carboxylic acids is 2. The molecule has 1 heterocycles. The average Bonchev–Trinajstić information content (AvgIpc) is 2.67. The highest BCUT2D eigenvalue weighted by Crippen LogP contribution is 2.17. The molecule has 0 bridgehead atoms. The number of benzene rings is 1. The van der Waals surface area contributed by atoms with Crippen molar-refractivity contribution in [1.29, 1.82) is 0 Å². The van der Waals surface area contributed by atoms with Gasteiger partial charge in [0.15, 0.2) is 17.4 Å². The summed E-state index contributed by atoms with van der Waals surface area (Å²) in [6.07, 6.45) is -0.265. The molecule has 0 aliphatic heterocycles. The fraction of sp³-hybridized carbons (Fsp3) is 0.182. The van der Waals surface area contributed by atoms with Crippen LogP contribution in [0.15, 0.2) is 28.7 Å². The Morgan fingerprint density at radius 3 is 2.47 bits per heavy atom. The number of nitrogens with zero attached hydrogens (tertiary/aromatic N) is 1. The van der Waals surface area contributed by atoms with Crippen LogP contribution in [-0.4, -0.2) is 27.1 Å². The van der Waals surface area contributed by atoms with Crippen molar-refractivity contribution < 1.29 is 24.2 Å². The largest absolute Gasteiger partial charge is 0.481 e. The van der Waals surface area contributed by atoms with E-state index in [-0.39, 0.29) is 12.3 Å². The van der Waals surface area contributed by atoms with E-state index in [1.54, 1.807) is 24.3 Å². The van der Waals surface area contributed by atoms with Crippen LogP contribution in [0, 0.1) is 5.92 Å². The van der Waals surface area contributed by atoms with Crippen molar-refractivity contribution in [3.63, 3.8) is 0 Å². The molecule has 0 saturated carbocycles. The Kier molecular flexibility index (Phi) is 2.78. The van der Waals surface area contributed by atoms with Crippen LogP contribution in [0.3, 0.4) is 0 Å². The molecule has 0 spiro atoms. The molecule has 0 unspecified atom stereocenters. The van der Waals surface area contributed by atoms with E-state index in [0.717, 1.165) is 0 Å². The van der Waals surface area contributed by atoms with E-state index in [1.165, 1.54) is 0 Å². The third-order valence-electron chi connectivity index (χ3n) is 2.31.